The molecule has 2 aromatic heterocycles. The smallest absolute Gasteiger partial charge is 0.142 e. The molecule has 0 aliphatic carbocycles. The molecule has 0 bridgehead atoms. The minimum atomic E-state index is 0.300. The predicted molar refractivity (Wildman–Crippen MR) is 92.8 cm³/mol. The van der Waals surface area contributed by atoms with Gasteiger partial charge < -0.3 is 10.1 Å². The molecule has 0 amide bonds. The third-order valence-electron chi connectivity index (χ3n) is 4.41. The Labute approximate surface area is 136 Å². The molecule has 3 heterocycles. The number of pyridine rings is 1. The van der Waals surface area contributed by atoms with E-state index in [0.717, 1.165) is 48.7 Å². The van der Waals surface area contributed by atoms with Crippen LogP contribution >= 0.6 is 0 Å². The highest BCUT2D eigenvalue weighted by Crippen LogP contribution is 2.30. The van der Waals surface area contributed by atoms with E-state index >= 15 is 0 Å². The van der Waals surface area contributed by atoms with Crippen LogP contribution in [0.3, 0.4) is 0 Å². The standard InChI is InChI=1S/C19H21N3O/c1-14-7-5-11-22-18(14)21-17(15-8-3-2-4-9-15)19(22)20-13-16-10-6-12-23-16/h2-5,7-9,11,16,20H,6,10,12-13H2,1H3. The number of benzene rings is 1. The van der Waals surface area contributed by atoms with Crippen LogP contribution in [0.15, 0.2) is 48.7 Å². The summed E-state index contributed by atoms with van der Waals surface area (Å²) in [7, 11) is 0. The van der Waals surface area contributed by atoms with Crippen LogP contribution in [0.1, 0.15) is 18.4 Å². The van der Waals surface area contributed by atoms with E-state index in [1.807, 2.05) is 6.07 Å². The van der Waals surface area contributed by atoms with Crippen LogP contribution in [-0.4, -0.2) is 28.6 Å². The van der Waals surface area contributed by atoms with Gasteiger partial charge in [-0.3, -0.25) is 4.40 Å². The minimum Gasteiger partial charge on any atom is -0.376 e. The van der Waals surface area contributed by atoms with Gasteiger partial charge in [-0.2, -0.15) is 0 Å². The van der Waals surface area contributed by atoms with Crippen molar-refractivity contribution in [2.45, 2.75) is 25.9 Å². The predicted octanol–water partition coefficient (Wildman–Crippen LogP) is 3.90. The maximum absolute atomic E-state index is 5.74. The summed E-state index contributed by atoms with van der Waals surface area (Å²) in [6, 6.07) is 14.5. The van der Waals surface area contributed by atoms with E-state index in [-0.39, 0.29) is 0 Å². The van der Waals surface area contributed by atoms with E-state index in [2.05, 4.69) is 59.2 Å². The molecule has 0 spiro atoms. The Kier molecular flexibility index (Phi) is 3.75. The van der Waals surface area contributed by atoms with Crippen molar-refractivity contribution in [1.29, 1.82) is 0 Å². The normalized spacial score (nSPS) is 17.7. The lowest BCUT2D eigenvalue weighted by Gasteiger charge is -2.13. The lowest BCUT2D eigenvalue weighted by Crippen LogP contribution is -2.19. The Morgan fingerprint density at radius 1 is 1.22 bits per heavy atom. The number of nitrogens with one attached hydrogen (secondary N) is 1. The molecule has 118 valence electrons. The van der Waals surface area contributed by atoms with Gasteiger partial charge in [0, 0.05) is 24.9 Å². The first-order chi connectivity index (χ1) is 11.3. The second kappa shape index (κ2) is 6.05. The van der Waals surface area contributed by atoms with Crippen molar-refractivity contribution in [3.63, 3.8) is 0 Å². The van der Waals surface area contributed by atoms with Crippen molar-refractivity contribution >= 4 is 11.5 Å². The fourth-order valence-electron chi connectivity index (χ4n) is 3.19. The average Bonchev–Trinajstić information content (AvgIpc) is 3.22. The molecule has 1 aliphatic rings. The number of hydrogen-bond donors (Lipinski definition) is 1. The quantitative estimate of drug-likeness (QED) is 0.794. The Balaban J connectivity index is 1.77. The first-order valence-corrected chi connectivity index (χ1v) is 8.21. The van der Waals surface area contributed by atoms with Gasteiger partial charge in [-0.25, -0.2) is 4.98 Å². The number of nitrogens with zero attached hydrogens (tertiary/aromatic N) is 2. The van der Waals surface area contributed by atoms with E-state index in [0.29, 0.717) is 6.10 Å². The van der Waals surface area contributed by atoms with E-state index < -0.39 is 0 Å². The topological polar surface area (TPSA) is 38.6 Å². The zero-order chi connectivity index (χ0) is 15.6. The summed E-state index contributed by atoms with van der Waals surface area (Å²) in [6.45, 7) is 3.80. The van der Waals surface area contributed by atoms with Gasteiger partial charge in [0.2, 0.25) is 0 Å². The number of ether oxygens (including phenoxy) is 1. The summed E-state index contributed by atoms with van der Waals surface area (Å²) >= 11 is 0. The lowest BCUT2D eigenvalue weighted by atomic mass is 10.1. The van der Waals surface area contributed by atoms with Crippen LogP contribution in [0, 0.1) is 6.92 Å². The summed E-state index contributed by atoms with van der Waals surface area (Å²) < 4.78 is 7.89. The Morgan fingerprint density at radius 2 is 2.09 bits per heavy atom. The number of hydrogen-bond acceptors (Lipinski definition) is 3. The van der Waals surface area contributed by atoms with Gasteiger partial charge in [0.25, 0.3) is 0 Å². The lowest BCUT2D eigenvalue weighted by molar-refractivity contribution is 0.120. The van der Waals surface area contributed by atoms with Gasteiger partial charge in [0.05, 0.1) is 6.10 Å². The molecule has 4 rings (SSSR count). The summed E-state index contributed by atoms with van der Waals surface area (Å²) in [5.41, 5.74) is 4.30. The third kappa shape index (κ3) is 2.70. The maximum Gasteiger partial charge on any atom is 0.142 e. The van der Waals surface area contributed by atoms with Gasteiger partial charge >= 0.3 is 0 Å². The first-order valence-electron chi connectivity index (χ1n) is 8.21. The number of imidazole rings is 1. The zero-order valence-electron chi connectivity index (χ0n) is 13.3. The number of anilines is 1. The number of rotatable bonds is 4. The minimum absolute atomic E-state index is 0.300. The first kappa shape index (κ1) is 14.3. The molecular weight excluding hydrogens is 286 g/mol. The van der Waals surface area contributed by atoms with Gasteiger partial charge in [0.1, 0.15) is 17.2 Å². The van der Waals surface area contributed by atoms with Crippen molar-refractivity contribution < 1.29 is 4.74 Å². The summed E-state index contributed by atoms with van der Waals surface area (Å²) in [6.07, 6.45) is 4.65. The molecule has 1 fully saturated rings. The summed E-state index contributed by atoms with van der Waals surface area (Å²) in [5, 5.41) is 3.58. The van der Waals surface area contributed by atoms with Crippen LogP contribution in [0.5, 0.6) is 0 Å². The van der Waals surface area contributed by atoms with Crippen LogP contribution in [0.4, 0.5) is 5.82 Å². The van der Waals surface area contributed by atoms with Crippen molar-refractivity contribution in [1.82, 2.24) is 9.38 Å². The van der Waals surface area contributed by atoms with Gasteiger partial charge in [-0.05, 0) is 31.4 Å². The molecule has 3 aromatic rings. The highest BCUT2D eigenvalue weighted by molar-refractivity contribution is 5.77. The zero-order valence-corrected chi connectivity index (χ0v) is 13.3. The number of aryl methyl sites for hydroxylation is 1. The Bertz CT molecular complexity index is 804. The molecule has 1 N–H and O–H groups in total. The number of aromatic nitrogens is 2. The highest BCUT2D eigenvalue weighted by atomic mass is 16.5. The molecule has 23 heavy (non-hydrogen) atoms. The monoisotopic (exact) mass is 307 g/mol. The fourth-order valence-corrected chi connectivity index (χ4v) is 3.19. The largest absolute Gasteiger partial charge is 0.376 e. The van der Waals surface area contributed by atoms with Gasteiger partial charge in [-0.1, -0.05) is 36.4 Å². The second-order valence-electron chi connectivity index (χ2n) is 6.08. The van der Waals surface area contributed by atoms with Gasteiger partial charge in [-0.15, -0.1) is 0 Å². The SMILES string of the molecule is Cc1cccn2c(NCC3CCCO3)c(-c3ccccc3)nc12. The van der Waals surface area contributed by atoms with E-state index in [4.69, 9.17) is 9.72 Å². The Morgan fingerprint density at radius 3 is 2.87 bits per heavy atom. The molecule has 4 heteroatoms. The molecule has 1 unspecified atom stereocenters. The third-order valence-corrected chi connectivity index (χ3v) is 4.41. The van der Waals surface area contributed by atoms with E-state index in [1.165, 1.54) is 5.56 Å². The maximum atomic E-state index is 5.74. The van der Waals surface area contributed by atoms with Crippen LogP contribution in [-0.2, 0) is 4.74 Å². The molecule has 1 aromatic carbocycles. The van der Waals surface area contributed by atoms with Crippen molar-refractivity contribution in [2.24, 2.45) is 0 Å². The summed E-state index contributed by atoms with van der Waals surface area (Å²) in [5.74, 6) is 1.05. The second-order valence-corrected chi connectivity index (χ2v) is 6.08. The molecule has 0 saturated carbocycles. The fraction of sp³-hybridized carbons (Fsp3) is 0.316. The summed E-state index contributed by atoms with van der Waals surface area (Å²) in [4.78, 5) is 4.89. The van der Waals surface area contributed by atoms with E-state index in [1.54, 1.807) is 0 Å². The van der Waals surface area contributed by atoms with Crippen LogP contribution in [0.2, 0.25) is 0 Å². The van der Waals surface area contributed by atoms with Crippen LogP contribution in [0.25, 0.3) is 16.9 Å². The highest BCUT2D eigenvalue weighted by Gasteiger charge is 2.19. The Hall–Kier alpha value is -2.33. The average molecular weight is 307 g/mol. The van der Waals surface area contributed by atoms with Crippen molar-refractivity contribution in [3.8, 4) is 11.3 Å². The van der Waals surface area contributed by atoms with Crippen molar-refractivity contribution in [3.05, 3.63) is 54.2 Å². The van der Waals surface area contributed by atoms with Gasteiger partial charge in [0.15, 0.2) is 0 Å². The molecule has 0 radical (unpaired) electrons. The van der Waals surface area contributed by atoms with Crippen LogP contribution < -0.4 is 5.32 Å². The molecule has 1 saturated heterocycles. The number of fused-ring (bicyclic) bond motifs is 1. The molecule has 1 atom stereocenters. The molecule has 1 aliphatic heterocycles. The molecule has 4 nitrogen and oxygen atoms in total. The van der Waals surface area contributed by atoms with Crippen molar-refractivity contribution in [2.75, 3.05) is 18.5 Å². The van der Waals surface area contributed by atoms with E-state index in [9.17, 15) is 0 Å². The molecular formula is C19H21N3O.